The van der Waals surface area contributed by atoms with Gasteiger partial charge in [0, 0.05) is 18.1 Å². The molecule has 164 valence electrons. The van der Waals surface area contributed by atoms with Gasteiger partial charge in [0.1, 0.15) is 0 Å². The zero-order valence-corrected chi connectivity index (χ0v) is 18.8. The van der Waals surface area contributed by atoms with Gasteiger partial charge < -0.3 is 10.2 Å². The lowest BCUT2D eigenvalue weighted by Crippen LogP contribution is -2.57. The highest BCUT2D eigenvalue weighted by Crippen LogP contribution is 2.61. The van der Waals surface area contributed by atoms with Crippen LogP contribution in [0.15, 0.2) is 0 Å². The van der Waals surface area contributed by atoms with E-state index in [2.05, 4.69) is 12.2 Å². The number of carbonyl (C=O) groups excluding carboxylic acids is 1. The van der Waals surface area contributed by atoms with Gasteiger partial charge in [-0.1, -0.05) is 12.8 Å². The van der Waals surface area contributed by atoms with Crippen molar-refractivity contribution in [2.75, 3.05) is 18.1 Å². The minimum atomic E-state index is -2.98. The van der Waals surface area contributed by atoms with E-state index < -0.39 is 9.84 Å². The zero-order valence-electron chi connectivity index (χ0n) is 17.9. The van der Waals surface area contributed by atoms with Gasteiger partial charge in [-0.3, -0.25) is 4.79 Å². The molecule has 0 aromatic rings. The van der Waals surface area contributed by atoms with Gasteiger partial charge in [-0.15, -0.1) is 0 Å². The van der Waals surface area contributed by atoms with E-state index in [-0.39, 0.29) is 29.5 Å². The van der Waals surface area contributed by atoms with Crippen molar-refractivity contribution in [2.24, 2.45) is 23.2 Å². The Hall–Kier alpha value is -0.620. The molecule has 1 amide bonds. The Labute approximate surface area is 176 Å². The highest BCUT2D eigenvalue weighted by molar-refractivity contribution is 7.91. The van der Waals surface area contributed by atoms with Gasteiger partial charge in [0.25, 0.3) is 0 Å². The molecule has 4 bridgehead atoms. The van der Waals surface area contributed by atoms with Crippen molar-refractivity contribution in [3.05, 3.63) is 0 Å². The van der Waals surface area contributed by atoms with Crippen LogP contribution in [0.4, 0.5) is 0 Å². The summed E-state index contributed by atoms with van der Waals surface area (Å²) >= 11 is 0. The van der Waals surface area contributed by atoms with Crippen molar-refractivity contribution in [1.82, 2.24) is 10.2 Å². The number of hydrogen-bond donors (Lipinski definition) is 1. The third kappa shape index (κ3) is 3.88. The molecule has 5 aliphatic carbocycles. The summed E-state index contributed by atoms with van der Waals surface area (Å²) < 4.78 is 24.1. The Morgan fingerprint density at radius 3 is 2.10 bits per heavy atom. The fourth-order valence-electron chi connectivity index (χ4n) is 8.14. The van der Waals surface area contributed by atoms with Crippen LogP contribution in [0.1, 0.15) is 77.6 Å². The number of nitrogens with zero attached hydrogens (tertiary/aromatic N) is 1. The van der Waals surface area contributed by atoms with E-state index in [1.165, 1.54) is 38.5 Å². The smallest absolute Gasteiger partial charge is 0.237 e. The average Bonchev–Trinajstić information content (AvgIpc) is 3.29. The summed E-state index contributed by atoms with van der Waals surface area (Å²) in [6.45, 7) is 2.68. The zero-order chi connectivity index (χ0) is 20.2. The molecule has 0 unspecified atom stereocenters. The van der Waals surface area contributed by atoms with Crippen molar-refractivity contribution in [3.8, 4) is 0 Å². The van der Waals surface area contributed by atoms with Crippen LogP contribution in [0.3, 0.4) is 0 Å². The fourth-order valence-corrected chi connectivity index (χ4v) is 9.85. The minimum Gasteiger partial charge on any atom is -0.335 e. The van der Waals surface area contributed by atoms with E-state index in [4.69, 9.17) is 0 Å². The van der Waals surface area contributed by atoms with Crippen molar-refractivity contribution in [1.29, 1.82) is 0 Å². The van der Waals surface area contributed by atoms with Crippen LogP contribution in [0, 0.1) is 23.2 Å². The Balaban J connectivity index is 1.24. The predicted octanol–water partition coefficient (Wildman–Crippen LogP) is 3.14. The van der Waals surface area contributed by atoms with Crippen molar-refractivity contribution >= 4 is 15.7 Å². The standard InChI is InChI=1S/C23H38N2O3S/c1-16(23-11-17-8-18(12-23)10-19(9-17)13-23)24-14-22(26)25(20-4-2-3-5-20)21-6-7-29(27,28)15-21/h16-21,24H,2-15H2,1H3/t16-,17?,18?,19?,21-,23?/m1/s1. The van der Waals surface area contributed by atoms with Gasteiger partial charge in [-0.2, -0.15) is 0 Å². The summed E-state index contributed by atoms with van der Waals surface area (Å²) in [5.74, 6) is 3.29. The second-order valence-electron chi connectivity index (χ2n) is 11.2. The maximum atomic E-state index is 13.3. The SMILES string of the molecule is C[C@@H](NCC(=O)N(C1CCCC1)[C@@H]1CCS(=O)(=O)C1)C12CC3CC(CC(C3)C1)C2. The normalized spacial score (nSPS) is 41.7. The molecule has 0 radical (unpaired) electrons. The van der Waals surface area contributed by atoms with Crippen LogP contribution in [0.25, 0.3) is 0 Å². The number of nitrogens with one attached hydrogen (secondary N) is 1. The van der Waals surface area contributed by atoms with E-state index in [1.54, 1.807) is 0 Å². The van der Waals surface area contributed by atoms with Gasteiger partial charge in [0.05, 0.1) is 18.1 Å². The second kappa shape index (κ2) is 7.51. The molecule has 0 spiro atoms. The van der Waals surface area contributed by atoms with Crippen LogP contribution in [-0.4, -0.2) is 55.4 Å². The fraction of sp³-hybridized carbons (Fsp3) is 0.957. The summed E-state index contributed by atoms with van der Waals surface area (Å²) in [5.41, 5.74) is 0.393. The van der Waals surface area contributed by atoms with Crippen LogP contribution in [0.5, 0.6) is 0 Å². The van der Waals surface area contributed by atoms with Gasteiger partial charge >= 0.3 is 0 Å². The quantitative estimate of drug-likeness (QED) is 0.714. The van der Waals surface area contributed by atoms with Crippen LogP contribution < -0.4 is 5.32 Å². The largest absolute Gasteiger partial charge is 0.335 e. The summed E-state index contributed by atoms with van der Waals surface area (Å²) in [5, 5.41) is 3.65. The molecule has 1 N–H and O–H groups in total. The molecule has 0 aromatic heterocycles. The summed E-state index contributed by atoms with van der Waals surface area (Å²) in [4.78, 5) is 15.3. The number of hydrogen-bond acceptors (Lipinski definition) is 4. The third-order valence-corrected chi connectivity index (χ3v) is 10.9. The first-order valence-corrected chi connectivity index (χ1v) is 13.9. The Kier molecular flexibility index (Phi) is 5.25. The molecule has 6 rings (SSSR count). The number of amides is 1. The number of carbonyl (C=O) groups is 1. The summed E-state index contributed by atoms with van der Waals surface area (Å²) in [6, 6.07) is 0.516. The van der Waals surface area contributed by atoms with E-state index in [0.29, 0.717) is 24.4 Å². The van der Waals surface area contributed by atoms with E-state index in [1.807, 2.05) is 4.90 Å². The summed E-state index contributed by atoms with van der Waals surface area (Å²) in [7, 11) is -2.98. The minimum absolute atomic E-state index is 0.104. The van der Waals surface area contributed by atoms with Crippen molar-refractivity contribution in [2.45, 2.75) is 95.7 Å². The molecule has 1 saturated heterocycles. The third-order valence-electron chi connectivity index (χ3n) is 9.17. The average molecular weight is 423 g/mol. The highest BCUT2D eigenvalue weighted by atomic mass is 32.2. The van der Waals surface area contributed by atoms with Gasteiger partial charge in [0.15, 0.2) is 9.84 Å². The Morgan fingerprint density at radius 2 is 1.59 bits per heavy atom. The maximum absolute atomic E-state index is 13.3. The molecule has 1 heterocycles. The molecule has 6 heteroatoms. The molecule has 29 heavy (non-hydrogen) atoms. The maximum Gasteiger partial charge on any atom is 0.237 e. The van der Waals surface area contributed by atoms with E-state index in [0.717, 1.165) is 43.4 Å². The summed E-state index contributed by atoms with van der Waals surface area (Å²) in [6.07, 6.45) is 13.4. The first-order chi connectivity index (χ1) is 13.8. The van der Waals surface area contributed by atoms with E-state index in [9.17, 15) is 13.2 Å². The van der Waals surface area contributed by atoms with E-state index >= 15 is 0 Å². The van der Waals surface area contributed by atoms with Gasteiger partial charge in [-0.05, 0) is 87.9 Å². The topological polar surface area (TPSA) is 66.5 Å². The molecule has 6 aliphatic rings. The molecule has 2 atom stereocenters. The molecular weight excluding hydrogens is 384 g/mol. The van der Waals surface area contributed by atoms with Crippen LogP contribution >= 0.6 is 0 Å². The highest BCUT2D eigenvalue weighted by Gasteiger charge is 2.53. The predicted molar refractivity (Wildman–Crippen MR) is 114 cm³/mol. The van der Waals surface area contributed by atoms with Gasteiger partial charge in [0.2, 0.25) is 5.91 Å². The van der Waals surface area contributed by atoms with Crippen molar-refractivity contribution in [3.63, 3.8) is 0 Å². The Morgan fingerprint density at radius 1 is 1.00 bits per heavy atom. The number of rotatable bonds is 6. The molecule has 1 aliphatic heterocycles. The molecular formula is C23H38N2O3S. The Bertz CT molecular complexity index is 708. The monoisotopic (exact) mass is 422 g/mol. The molecule has 6 fully saturated rings. The van der Waals surface area contributed by atoms with Crippen molar-refractivity contribution < 1.29 is 13.2 Å². The molecule has 5 saturated carbocycles. The lowest BCUT2D eigenvalue weighted by molar-refractivity contribution is -0.135. The van der Waals surface area contributed by atoms with Crippen LogP contribution in [-0.2, 0) is 14.6 Å². The van der Waals surface area contributed by atoms with Gasteiger partial charge in [-0.25, -0.2) is 8.42 Å². The first kappa shape index (κ1) is 20.3. The lowest BCUT2D eigenvalue weighted by Gasteiger charge is -2.59. The molecule has 5 nitrogen and oxygen atoms in total. The first-order valence-electron chi connectivity index (χ1n) is 12.1. The number of sulfone groups is 1. The molecule has 0 aromatic carbocycles. The van der Waals surface area contributed by atoms with Crippen LogP contribution in [0.2, 0.25) is 0 Å². The lowest BCUT2D eigenvalue weighted by atomic mass is 9.48. The second-order valence-corrected chi connectivity index (χ2v) is 13.4.